The van der Waals surface area contributed by atoms with Crippen molar-refractivity contribution in [1.29, 1.82) is 0 Å². The lowest BCUT2D eigenvalue weighted by atomic mass is 9.89. The predicted octanol–water partition coefficient (Wildman–Crippen LogP) is 2.45. The van der Waals surface area contributed by atoms with Gasteiger partial charge in [0.1, 0.15) is 5.75 Å². The molecule has 5 heteroatoms. The normalized spacial score (nSPS) is 16.7. The van der Waals surface area contributed by atoms with E-state index in [1.165, 1.54) is 0 Å². The van der Waals surface area contributed by atoms with Crippen molar-refractivity contribution in [2.75, 3.05) is 0 Å². The highest BCUT2D eigenvalue weighted by Gasteiger charge is 2.34. The average Bonchev–Trinajstić information content (AvgIpc) is 2.06. The van der Waals surface area contributed by atoms with E-state index < -0.39 is 5.72 Å². The maximum absolute atomic E-state index is 5.92. The van der Waals surface area contributed by atoms with Gasteiger partial charge in [0.2, 0.25) is 0 Å². The number of hydrogen-bond donors (Lipinski definition) is 1. The largest absolute Gasteiger partial charge is 0.471 e. The molecule has 1 aromatic rings. The Kier molecular flexibility index (Phi) is 5.35. The summed E-state index contributed by atoms with van der Waals surface area (Å²) in [5.41, 5.74) is 6.50. The molecule has 1 aromatic heterocycles. The SMILES string of the molecule is Cc1ccc(OC2(N)CCC2)cn1.Cl.Cl. The summed E-state index contributed by atoms with van der Waals surface area (Å²) in [7, 11) is 0. The minimum Gasteiger partial charge on any atom is -0.471 e. The van der Waals surface area contributed by atoms with Crippen LogP contribution in [0, 0.1) is 6.92 Å². The number of nitrogens with zero attached hydrogens (tertiary/aromatic N) is 1. The number of pyridine rings is 1. The zero-order valence-corrected chi connectivity index (χ0v) is 10.2. The molecule has 0 saturated heterocycles. The Bertz CT molecular complexity index is 299. The van der Waals surface area contributed by atoms with E-state index in [-0.39, 0.29) is 24.8 Å². The second-order valence-corrected chi connectivity index (χ2v) is 3.66. The van der Waals surface area contributed by atoms with Gasteiger partial charge in [-0.25, -0.2) is 0 Å². The lowest BCUT2D eigenvalue weighted by Crippen LogP contribution is -2.51. The van der Waals surface area contributed by atoms with E-state index in [1.54, 1.807) is 6.20 Å². The lowest BCUT2D eigenvalue weighted by Gasteiger charge is -2.37. The Labute approximate surface area is 102 Å². The summed E-state index contributed by atoms with van der Waals surface area (Å²) in [6.45, 7) is 1.95. The van der Waals surface area contributed by atoms with Gasteiger partial charge in [-0.3, -0.25) is 10.7 Å². The maximum Gasteiger partial charge on any atom is 0.158 e. The van der Waals surface area contributed by atoms with Gasteiger partial charge < -0.3 is 4.74 Å². The molecular formula is C10H16Cl2N2O. The molecule has 0 amide bonds. The molecule has 3 nitrogen and oxygen atoms in total. The highest BCUT2D eigenvalue weighted by molar-refractivity contribution is 5.85. The Morgan fingerprint density at radius 2 is 2.00 bits per heavy atom. The van der Waals surface area contributed by atoms with Gasteiger partial charge in [0.05, 0.1) is 6.20 Å². The Hall–Kier alpha value is -0.510. The summed E-state index contributed by atoms with van der Waals surface area (Å²) in [5, 5.41) is 0. The van der Waals surface area contributed by atoms with E-state index >= 15 is 0 Å². The molecule has 0 aliphatic heterocycles. The van der Waals surface area contributed by atoms with Gasteiger partial charge in [0.15, 0.2) is 5.72 Å². The first-order valence-electron chi connectivity index (χ1n) is 4.59. The summed E-state index contributed by atoms with van der Waals surface area (Å²) >= 11 is 0. The number of hydrogen-bond acceptors (Lipinski definition) is 3. The highest BCUT2D eigenvalue weighted by atomic mass is 35.5. The summed E-state index contributed by atoms with van der Waals surface area (Å²) < 4.78 is 5.61. The first-order valence-corrected chi connectivity index (χ1v) is 4.59. The van der Waals surface area contributed by atoms with E-state index in [0.29, 0.717) is 0 Å². The van der Waals surface area contributed by atoms with Crippen molar-refractivity contribution in [3.8, 4) is 5.75 Å². The number of halogens is 2. The Balaban J connectivity index is 0.000000980. The highest BCUT2D eigenvalue weighted by Crippen LogP contribution is 2.31. The zero-order chi connectivity index (χ0) is 9.31. The zero-order valence-electron chi connectivity index (χ0n) is 8.60. The van der Waals surface area contributed by atoms with Crippen molar-refractivity contribution in [2.45, 2.75) is 31.9 Å². The van der Waals surface area contributed by atoms with Crippen molar-refractivity contribution in [2.24, 2.45) is 5.73 Å². The van der Waals surface area contributed by atoms with Crippen LogP contribution in [0.25, 0.3) is 0 Å². The molecule has 0 spiro atoms. The molecule has 1 fully saturated rings. The number of aryl methyl sites for hydroxylation is 1. The predicted molar refractivity (Wildman–Crippen MR) is 64.9 cm³/mol. The maximum atomic E-state index is 5.92. The fourth-order valence-electron chi connectivity index (χ4n) is 1.38. The number of nitrogens with two attached hydrogens (primary N) is 1. The van der Waals surface area contributed by atoms with E-state index in [9.17, 15) is 0 Å². The van der Waals surface area contributed by atoms with Crippen LogP contribution in [0.1, 0.15) is 25.0 Å². The molecule has 2 rings (SSSR count). The van der Waals surface area contributed by atoms with Crippen LogP contribution in [-0.2, 0) is 0 Å². The van der Waals surface area contributed by atoms with Gasteiger partial charge in [-0.1, -0.05) is 0 Å². The molecule has 2 N–H and O–H groups in total. The molecule has 1 heterocycles. The fourth-order valence-corrected chi connectivity index (χ4v) is 1.38. The molecule has 1 aliphatic rings. The van der Waals surface area contributed by atoms with Crippen LogP contribution in [0.15, 0.2) is 18.3 Å². The molecule has 0 unspecified atom stereocenters. The number of ether oxygens (including phenoxy) is 1. The fraction of sp³-hybridized carbons (Fsp3) is 0.500. The number of aromatic nitrogens is 1. The summed E-state index contributed by atoms with van der Waals surface area (Å²) in [6, 6.07) is 3.84. The second-order valence-electron chi connectivity index (χ2n) is 3.66. The third-order valence-electron chi connectivity index (χ3n) is 2.41. The van der Waals surface area contributed by atoms with Crippen molar-refractivity contribution >= 4 is 24.8 Å². The molecule has 1 aliphatic carbocycles. The van der Waals surface area contributed by atoms with Gasteiger partial charge in [-0.05, 0) is 25.5 Å². The van der Waals surface area contributed by atoms with Crippen LogP contribution in [-0.4, -0.2) is 10.7 Å². The summed E-state index contributed by atoms with van der Waals surface area (Å²) in [6.07, 6.45) is 4.78. The van der Waals surface area contributed by atoms with Crippen molar-refractivity contribution < 1.29 is 4.74 Å². The second kappa shape index (κ2) is 5.54. The van der Waals surface area contributed by atoms with Crippen LogP contribution in [0.3, 0.4) is 0 Å². The number of rotatable bonds is 2. The van der Waals surface area contributed by atoms with Crippen LogP contribution < -0.4 is 10.5 Å². The average molecular weight is 251 g/mol. The molecule has 0 radical (unpaired) electrons. The third-order valence-corrected chi connectivity index (χ3v) is 2.41. The molecule has 0 bridgehead atoms. The van der Waals surface area contributed by atoms with Crippen LogP contribution in [0.2, 0.25) is 0 Å². The van der Waals surface area contributed by atoms with Gasteiger partial charge in [0, 0.05) is 18.5 Å². The van der Waals surface area contributed by atoms with E-state index in [2.05, 4.69) is 4.98 Å². The minimum absolute atomic E-state index is 0. The van der Waals surface area contributed by atoms with Gasteiger partial charge in [-0.15, -0.1) is 24.8 Å². The molecule has 86 valence electrons. The van der Waals surface area contributed by atoms with Crippen molar-refractivity contribution in [3.05, 3.63) is 24.0 Å². The van der Waals surface area contributed by atoms with Crippen LogP contribution in [0.5, 0.6) is 5.75 Å². The van der Waals surface area contributed by atoms with Gasteiger partial charge in [-0.2, -0.15) is 0 Å². The molecule has 15 heavy (non-hydrogen) atoms. The first-order chi connectivity index (χ1) is 6.18. The summed E-state index contributed by atoms with van der Waals surface area (Å²) in [5.74, 6) is 0.771. The molecule has 0 atom stereocenters. The molecule has 1 saturated carbocycles. The monoisotopic (exact) mass is 250 g/mol. The van der Waals surface area contributed by atoms with Gasteiger partial charge in [0.25, 0.3) is 0 Å². The van der Waals surface area contributed by atoms with Gasteiger partial charge >= 0.3 is 0 Å². The lowest BCUT2D eigenvalue weighted by molar-refractivity contribution is -0.00123. The van der Waals surface area contributed by atoms with Crippen LogP contribution >= 0.6 is 24.8 Å². The topological polar surface area (TPSA) is 48.1 Å². The molecular weight excluding hydrogens is 235 g/mol. The van der Waals surface area contributed by atoms with E-state index in [1.807, 2.05) is 19.1 Å². The van der Waals surface area contributed by atoms with Crippen molar-refractivity contribution in [3.63, 3.8) is 0 Å². The third kappa shape index (κ3) is 3.52. The first kappa shape index (κ1) is 14.5. The summed E-state index contributed by atoms with van der Waals surface area (Å²) in [4.78, 5) is 4.14. The van der Waals surface area contributed by atoms with E-state index in [4.69, 9.17) is 10.5 Å². The Morgan fingerprint density at radius 3 is 2.40 bits per heavy atom. The van der Waals surface area contributed by atoms with E-state index in [0.717, 1.165) is 30.7 Å². The quantitative estimate of drug-likeness (QED) is 0.821. The molecule has 0 aromatic carbocycles. The van der Waals surface area contributed by atoms with Crippen LogP contribution in [0.4, 0.5) is 0 Å². The Morgan fingerprint density at radius 1 is 1.33 bits per heavy atom. The smallest absolute Gasteiger partial charge is 0.158 e. The minimum atomic E-state index is -0.420. The standard InChI is InChI=1S/C10H14N2O.2ClH/c1-8-3-4-9(7-12-8)13-10(11)5-2-6-10;;/h3-4,7H,2,5-6,11H2,1H3;2*1H. The van der Waals surface area contributed by atoms with Crippen molar-refractivity contribution in [1.82, 2.24) is 4.98 Å².